The van der Waals surface area contributed by atoms with Crippen LogP contribution in [0.4, 0.5) is 0 Å². The average molecular weight is 497 g/mol. The quantitative estimate of drug-likeness (QED) is 0.182. The van der Waals surface area contributed by atoms with Crippen LogP contribution in [0, 0.1) is 0 Å². The van der Waals surface area contributed by atoms with Crippen molar-refractivity contribution in [1.29, 1.82) is 0 Å². The van der Waals surface area contributed by atoms with Crippen molar-refractivity contribution in [3.05, 3.63) is 101 Å². The van der Waals surface area contributed by atoms with Crippen molar-refractivity contribution >= 4 is 28.4 Å². The number of Topliss-reactive ketones (excluding diaryl/α,β-unsaturated/α-hetero) is 1. The molecule has 0 bridgehead atoms. The molecule has 1 atom stereocenters. The first-order valence-corrected chi connectivity index (χ1v) is 12.2. The van der Waals surface area contributed by atoms with Crippen molar-refractivity contribution in [2.45, 2.75) is 32.4 Å². The zero-order chi connectivity index (χ0) is 26.1. The number of aromatic hydroxyl groups is 1. The summed E-state index contributed by atoms with van der Waals surface area (Å²) in [4.78, 5) is 31.3. The van der Waals surface area contributed by atoms with Crippen LogP contribution in [0.3, 0.4) is 0 Å². The number of aliphatic hydroxyl groups is 1. The monoisotopic (exact) mass is 496 g/mol. The van der Waals surface area contributed by atoms with Crippen molar-refractivity contribution in [3.8, 4) is 11.5 Å². The first kappa shape index (κ1) is 24.2. The van der Waals surface area contributed by atoms with E-state index in [2.05, 4.69) is 4.98 Å². The van der Waals surface area contributed by atoms with E-state index in [9.17, 15) is 19.8 Å². The topological polar surface area (TPSA) is 103 Å². The third-order valence-electron chi connectivity index (χ3n) is 6.53. The molecule has 3 N–H and O–H groups in total. The SMILES string of the molecule is CC(C)Oc1cccc(/C(O)=C2\C(=O)C(=O)N(CCc3c[nH]c4ccccc34)C2c2ccc(O)cc2)c1. The lowest BCUT2D eigenvalue weighted by Crippen LogP contribution is -2.31. The van der Waals surface area contributed by atoms with Crippen LogP contribution in [0.25, 0.3) is 16.7 Å². The molecule has 7 nitrogen and oxygen atoms in total. The molecule has 1 saturated heterocycles. The fourth-order valence-corrected chi connectivity index (χ4v) is 4.84. The molecule has 1 amide bonds. The Bertz CT molecular complexity index is 1500. The Hall–Kier alpha value is -4.52. The molecule has 3 aromatic carbocycles. The van der Waals surface area contributed by atoms with Crippen LogP contribution in [0.5, 0.6) is 11.5 Å². The van der Waals surface area contributed by atoms with Gasteiger partial charge < -0.3 is 24.8 Å². The Morgan fingerprint density at radius 2 is 1.78 bits per heavy atom. The highest BCUT2D eigenvalue weighted by Crippen LogP contribution is 2.40. The van der Waals surface area contributed by atoms with E-state index < -0.39 is 17.7 Å². The van der Waals surface area contributed by atoms with Gasteiger partial charge in [0.15, 0.2) is 0 Å². The van der Waals surface area contributed by atoms with Gasteiger partial charge in [0.2, 0.25) is 0 Å². The predicted molar refractivity (Wildman–Crippen MR) is 141 cm³/mol. The minimum Gasteiger partial charge on any atom is -0.508 e. The largest absolute Gasteiger partial charge is 0.508 e. The Morgan fingerprint density at radius 1 is 1.03 bits per heavy atom. The summed E-state index contributed by atoms with van der Waals surface area (Å²) in [5.74, 6) is -1.06. The molecule has 0 saturated carbocycles. The lowest BCUT2D eigenvalue weighted by molar-refractivity contribution is -0.139. The number of aromatic nitrogens is 1. The fourth-order valence-electron chi connectivity index (χ4n) is 4.84. The van der Waals surface area contributed by atoms with E-state index in [1.807, 2.05) is 44.3 Å². The number of carbonyl (C=O) groups is 2. The minimum absolute atomic E-state index is 0.0105. The van der Waals surface area contributed by atoms with Crippen molar-refractivity contribution in [2.75, 3.05) is 6.54 Å². The number of hydrogen-bond acceptors (Lipinski definition) is 5. The van der Waals surface area contributed by atoms with Gasteiger partial charge in [0.25, 0.3) is 11.7 Å². The zero-order valence-corrected chi connectivity index (χ0v) is 20.6. The van der Waals surface area contributed by atoms with E-state index in [1.165, 1.54) is 17.0 Å². The molecule has 37 heavy (non-hydrogen) atoms. The van der Waals surface area contributed by atoms with Crippen LogP contribution in [-0.2, 0) is 16.0 Å². The van der Waals surface area contributed by atoms with Crippen LogP contribution in [0.15, 0.2) is 84.6 Å². The number of rotatable bonds is 7. The summed E-state index contributed by atoms with van der Waals surface area (Å²) in [7, 11) is 0. The Morgan fingerprint density at radius 3 is 2.54 bits per heavy atom. The van der Waals surface area contributed by atoms with E-state index in [-0.39, 0.29) is 29.7 Å². The van der Waals surface area contributed by atoms with Gasteiger partial charge in [0.05, 0.1) is 17.7 Å². The fraction of sp³-hybridized carbons (Fsp3) is 0.200. The summed E-state index contributed by atoms with van der Waals surface area (Å²) in [6.45, 7) is 4.07. The second-order valence-corrected chi connectivity index (χ2v) is 9.39. The van der Waals surface area contributed by atoms with E-state index in [1.54, 1.807) is 36.4 Å². The molecule has 2 heterocycles. The number of para-hydroxylation sites is 1. The van der Waals surface area contributed by atoms with E-state index in [4.69, 9.17) is 4.74 Å². The van der Waals surface area contributed by atoms with Gasteiger partial charge in [-0.15, -0.1) is 0 Å². The van der Waals surface area contributed by atoms with Gasteiger partial charge in [0.1, 0.15) is 17.3 Å². The summed E-state index contributed by atoms with van der Waals surface area (Å²) in [6, 6.07) is 20.3. The normalized spacial score (nSPS) is 17.2. The number of likely N-dealkylation sites (tertiary alicyclic amines) is 1. The van der Waals surface area contributed by atoms with Crippen molar-refractivity contribution < 1.29 is 24.5 Å². The molecule has 0 radical (unpaired) electrons. The predicted octanol–water partition coefficient (Wildman–Crippen LogP) is 5.33. The standard InChI is InChI=1S/C30H28N2O5/c1-18(2)37-23-7-5-6-20(16-23)28(34)26-27(19-10-12-22(33)13-11-19)32(30(36)29(26)35)15-14-21-17-31-25-9-4-3-8-24(21)25/h3-13,16-18,27,31,33-34H,14-15H2,1-2H3/b28-26+. The zero-order valence-electron chi connectivity index (χ0n) is 20.6. The molecule has 0 spiro atoms. The van der Waals surface area contributed by atoms with Gasteiger partial charge in [-0.1, -0.05) is 42.5 Å². The van der Waals surface area contributed by atoms with Crippen LogP contribution in [0.1, 0.15) is 36.6 Å². The lowest BCUT2D eigenvalue weighted by Gasteiger charge is -2.25. The average Bonchev–Trinajstić information content (AvgIpc) is 3.41. The van der Waals surface area contributed by atoms with Gasteiger partial charge in [-0.3, -0.25) is 9.59 Å². The number of ether oxygens (including phenoxy) is 1. The van der Waals surface area contributed by atoms with Crippen LogP contribution >= 0.6 is 0 Å². The van der Waals surface area contributed by atoms with E-state index in [0.717, 1.165) is 16.5 Å². The summed E-state index contributed by atoms with van der Waals surface area (Å²) >= 11 is 0. The molecule has 1 aliphatic heterocycles. The Labute approximate surface area is 214 Å². The number of amides is 1. The smallest absolute Gasteiger partial charge is 0.295 e. The highest BCUT2D eigenvalue weighted by molar-refractivity contribution is 6.46. The Kier molecular flexibility index (Phi) is 6.44. The second-order valence-electron chi connectivity index (χ2n) is 9.39. The molecule has 1 aromatic heterocycles. The molecule has 1 aliphatic rings. The summed E-state index contributed by atoms with van der Waals surface area (Å²) in [5, 5.41) is 22.2. The van der Waals surface area contributed by atoms with Gasteiger partial charge in [0, 0.05) is 29.2 Å². The van der Waals surface area contributed by atoms with Crippen molar-refractivity contribution in [2.24, 2.45) is 0 Å². The van der Waals surface area contributed by atoms with Crippen molar-refractivity contribution in [3.63, 3.8) is 0 Å². The molecule has 0 aliphatic carbocycles. The number of fused-ring (bicyclic) bond motifs is 1. The maximum atomic E-state index is 13.3. The number of nitrogens with zero attached hydrogens (tertiary/aromatic N) is 1. The number of benzene rings is 3. The molecule has 188 valence electrons. The van der Waals surface area contributed by atoms with E-state index in [0.29, 0.717) is 23.3 Å². The molecule has 7 heteroatoms. The number of nitrogens with one attached hydrogen (secondary N) is 1. The van der Waals surface area contributed by atoms with Gasteiger partial charge in [-0.25, -0.2) is 0 Å². The molecular formula is C30H28N2O5. The number of aromatic amines is 1. The lowest BCUT2D eigenvalue weighted by atomic mass is 9.95. The highest BCUT2D eigenvalue weighted by atomic mass is 16.5. The minimum atomic E-state index is -0.805. The van der Waals surface area contributed by atoms with Crippen LogP contribution in [-0.4, -0.2) is 44.4 Å². The number of phenols is 1. The van der Waals surface area contributed by atoms with Gasteiger partial charge in [-0.2, -0.15) is 0 Å². The number of aliphatic hydroxyl groups excluding tert-OH is 1. The van der Waals surface area contributed by atoms with E-state index >= 15 is 0 Å². The van der Waals surface area contributed by atoms with Crippen molar-refractivity contribution in [1.82, 2.24) is 9.88 Å². The second kappa shape index (κ2) is 9.85. The van der Waals surface area contributed by atoms with Crippen LogP contribution < -0.4 is 4.74 Å². The van der Waals surface area contributed by atoms with Crippen LogP contribution in [0.2, 0.25) is 0 Å². The summed E-state index contributed by atoms with van der Waals surface area (Å²) in [5.41, 5.74) is 3.04. The number of carbonyl (C=O) groups excluding carboxylic acids is 2. The third kappa shape index (κ3) is 4.68. The Balaban J connectivity index is 1.55. The van der Waals surface area contributed by atoms with Gasteiger partial charge in [-0.05, 0) is 61.7 Å². The summed E-state index contributed by atoms with van der Waals surface area (Å²) < 4.78 is 5.75. The number of ketones is 1. The highest BCUT2D eigenvalue weighted by Gasteiger charge is 2.45. The molecular weight excluding hydrogens is 468 g/mol. The van der Waals surface area contributed by atoms with Gasteiger partial charge >= 0.3 is 0 Å². The first-order chi connectivity index (χ1) is 17.8. The third-order valence-corrected chi connectivity index (χ3v) is 6.53. The number of H-pyrrole nitrogens is 1. The number of hydrogen-bond donors (Lipinski definition) is 3. The maximum absolute atomic E-state index is 13.3. The first-order valence-electron chi connectivity index (χ1n) is 12.2. The maximum Gasteiger partial charge on any atom is 0.295 e. The number of phenolic OH excluding ortho intramolecular Hbond substituents is 1. The molecule has 4 aromatic rings. The molecule has 5 rings (SSSR count). The molecule has 1 fully saturated rings. The molecule has 1 unspecified atom stereocenters. The summed E-state index contributed by atoms with van der Waals surface area (Å²) in [6.07, 6.45) is 2.37.